The Kier molecular flexibility index (Phi) is 3.84. The second-order valence-electron chi connectivity index (χ2n) is 2.68. The van der Waals surface area contributed by atoms with Crippen LogP contribution in [0.2, 0.25) is 0 Å². The molecule has 0 saturated carbocycles. The third-order valence-electron chi connectivity index (χ3n) is 1.73. The quantitative estimate of drug-likeness (QED) is 0.512. The van der Waals surface area contributed by atoms with E-state index in [9.17, 15) is 9.59 Å². The number of nitrogens with zero attached hydrogens (tertiary/aromatic N) is 2. The molecule has 5 heteroatoms. The van der Waals surface area contributed by atoms with Crippen LogP contribution >= 0.6 is 0 Å². The monoisotopic (exact) mass is 196 g/mol. The van der Waals surface area contributed by atoms with E-state index in [1.165, 1.54) is 12.5 Å². The van der Waals surface area contributed by atoms with Gasteiger partial charge in [0.25, 0.3) is 0 Å². The number of carbonyl (C=O) groups is 2. The van der Waals surface area contributed by atoms with Gasteiger partial charge in [0.15, 0.2) is 6.29 Å². The lowest BCUT2D eigenvalue weighted by molar-refractivity contribution is -0.143. The van der Waals surface area contributed by atoms with Gasteiger partial charge in [0, 0.05) is 6.54 Å². The average molecular weight is 196 g/mol. The van der Waals surface area contributed by atoms with E-state index in [1.807, 2.05) is 0 Å². The number of aromatic nitrogens is 2. The number of imidazole rings is 1. The Morgan fingerprint density at radius 2 is 2.50 bits per heavy atom. The summed E-state index contributed by atoms with van der Waals surface area (Å²) in [7, 11) is 0. The molecule has 5 nitrogen and oxygen atoms in total. The van der Waals surface area contributed by atoms with Crippen LogP contribution in [0.25, 0.3) is 0 Å². The van der Waals surface area contributed by atoms with Crippen LogP contribution in [0.4, 0.5) is 0 Å². The van der Waals surface area contributed by atoms with E-state index in [-0.39, 0.29) is 12.4 Å². The van der Waals surface area contributed by atoms with Gasteiger partial charge < -0.3 is 9.30 Å². The van der Waals surface area contributed by atoms with Crippen LogP contribution in [0.5, 0.6) is 0 Å². The van der Waals surface area contributed by atoms with Crippen LogP contribution in [-0.2, 0) is 16.1 Å². The van der Waals surface area contributed by atoms with Crippen molar-refractivity contribution in [2.24, 2.45) is 0 Å². The van der Waals surface area contributed by atoms with Crippen molar-refractivity contribution in [3.8, 4) is 0 Å². The molecule has 0 spiro atoms. The summed E-state index contributed by atoms with van der Waals surface area (Å²) >= 11 is 0. The van der Waals surface area contributed by atoms with Gasteiger partial charge in [0.2, 0.25) is 0 Å². The van der Waals surface area contributed by atoms with Gasteiger partial charge in [-0.05, 0) is 6.92 Å². The van der Waals surface area contributed by atoms with Gasteiger partial charge in [-0.15, -0.1) is 0 Å². The summed E-state index contributed by atoms with van der Waals surface area (Å²) in [6.45, 7) is 2.56. The minimum atomic E-state index is -0.266. The van der Waals surface area contributed by atoms with Crippen molar-refractivity contribution in [2.75, 3.05) is 6.61 Å². The Balaban J connectivity index is 2.45. The number of ether oxygens (including phenoxy) is 1. The van der Waals surface area contributed by atoms with Gasteiger partial charge in [0.1, 0.15) is 5.69 Å². The van der Waals surface area contributed by atoms with Crippen LogP contribution < -0.4 is 0 Å². The molecule has 14 heavy (non-hydrogen) atoms. The highest BCUT2D eigenvalue weighted by atomic mass is 16.5. The molecular weight excluding hydrogens is 184 g/mol. The smallest absolute Gasteiger partial charge is 0.307 e. The van der Waals surface area contributed by atoms with E-state index < -0.39 is 0 Å². The summed E-state index contributed by atoms with van der Waals surface area (Å²) in [6.07, 6.45) is 3.93. The molecule has 0 bridgehead atoms. The van der Waals surface area contributed by atoms with Crippen molar-refractivity contribution >= 4 is 12.3 Å². The highest BCUT2D eigenvalue weighted by molar-refractivity contribution is 5.72. The molecule has 1 aromatic heterocycles. The molecule has 0 radical (unpaired) electrons. The first-order chi connectivity index (χ1) is 6.77. The molecule has 0 unspecified atom stereocenters. The minimum Gasteiger partial charge on any atom is -0.466 e. The Morgan fingerprint density at radius 3 is 3.14 bits per heavy atom. The molecule has 1 heterocycles. The van der Waals surface area contributed by atoms with Gasteiger partial charge in [-0.1, -0.05) is 0 Å². The molecule has 0 aromatic carbocycles. The average Bonchev–Trinajstić information content (AvgIpc) is 2.62. The maximum Gasteiger partial charge on any atom is 0.307 e. The van der Waals surface area contributed by atoms with Gasteiger partial charge in [-0.3, -0.25) is 9.59 Å². The molecule has 0 aliphatic heterocycles. The SMILES string of the molecule is CCOC(=O)CCn1cncc1C=O. The molecule has 0 amide bonds. The van der Waals surface area contributed by atoms with E-state index in [0.717, 1.165) is 0 Å². The molecule has 1 aromatic rings. The van der Waals surface area contributed by atoms with Crippen LogP contribution in [-0.4, -0.2) is 28.4 Å². The van der Waals surface area contributed by atoms with Gasteiger partial charge in [-0.25, -0.2) is 4.98 Å². The molecule has 0 atom stereocenters. The Labute approximate surface area is 81.7 Å². The summed E-state index contributed by atoms with van der Waals surface area (Å²) in [4.78, 5) is 25.3. The van der Waals surface area contributed by atoms with Crippen LogP contribution in [0.15, 0.2) is 12.5 Å². The van der Waals surface area contributed by atoms with Gasteiger partial charge in [-0.2, -0.15) is 0 Å². The first-order valence-corrected chi connectivity index (χ1v) is 4.39. The molecule has 0 aliphatic carbocycles. The predicted octanol–water partition coefficient (Wildman–Crippen LogP) is 0.649. The van der Waals surface area contributed by atoms with Crippen molar-refractivity contribution in [3.05, 3.63) is 18.2 Å². The lowest BCUT2D eigenvalue weighted by Crippen LogP contribution is -2.09. The Bertz CT molecular complexity index is 320. The molecule has 0 fully saturated rings. The van der Waals surface area contributed by atoms with Crippen molar-refractivity contribution in [3.63, 3.8) is 0 Å². The Morgan fingerprint density at radius 1 is 1.71 bits per heavy atom. The Hall–Kier alpha value is -1.65. The highest BCUT2D eigenvalue weighted by Crippen LogP contribution is 1.98. The number of esters is 1. The molecule has 0 N–H and O–H groups in total. The van der Waals surface area contributed by atoms with E-state index in [0.29, 0.717) is 25.1 Å². The molecule has 0 saturated heterocycles. The highest BCUT2D eigenvalue weighted by Gasteiger charge is 2.04. The van der Waals surface area contributed by atoms with Crippen LogP contribution in [0.1, 0.15) is 23.8 Å². The predicted molar refractivity (Wildman–Crippen MR) is 48.9 cm³/mol. The fraction of sp³-hybridized carbons (Fsp3) is 0.444. The topological polar surface area (TPSA) is 61.2 Å². The lowest BCUT2D eigenvalue weighted by atomic mass is 10.4. The van der Waals surface area contributed by atoms with Crippen molar-refractivity contribution in [1.82, 2.24) is 9.55 Å². The van der Waals surface area contributed by atoms with Crippen LogP contribution in [0.3, 0.4) is 0 Å². The minimum absolute atomic E-state index is 0.255. The van der Waals surface area contributed by atoms with E-state index >= 15 is 0 Å². The van der Waals surface area contributed by atoms with Crippen molar-refractivity contribution in [2.45, 2.75) is 19.9 Å². The fourth-order valence-corrected chi connectivity index (χ4v) is 1.06. The number of aldehydes is 1. The number of aryl methyl sites for hydroxylation is 1. The zero-order valence-corrected chi connectivity index (χ0v) is 7.97. The molecule has 76 valence electrons. The standard InChI is InChI=1S/C9H12N2O3/c1-2-14-9(13)3-4-11-7-10-5-8(11)6-12/h5-7H,2-4H2,1H3. The molecule has 1 rings (SSSR count). The number of rotatable bonds is 5. The maximum absolute atomic E-state index is 11.0. The third-order valence-corrected chi connectivity index (χ3v) is 1.73. The summed E-state index contributed by atoms with van der Waals surface area (Å²) in [6, 6.07) is 0. The fourth-order valence-electron chi connectivity index (χ4n) is 1.06. The van der Waals surface area contributed by atoms with E-state index in [2.05, 4.69) is 4.98 Å². The van der Waals surface area contributed by atoms with Gasteiger partial charge in [0.05, 0.1) is 25.6 Å². The first-order valence-electron chi connectivity index (χ1n) is 4.39. The lowest BCUT2D eigenvalue weighted by Gasteiger charge is -2.03. The molecular formula is C9H12N2O3. The summed E-state index contributed by atoms with van der Waals surface area (Å²) in [5.41, 5.74) is 0.467. The summed E-state index contributed by atoms with van der Waals surface area (Å²) in [5.74, 6) is -0.266. The second-order valence-corrected chi connectivity index (χ2v) is 2.68. The van der Waals surface area contributed by atoms with Crippen molar-refractivity contribution in [1.29, 1.82) is 0 Å². The van der Waals surface area contributed by atoms with E-state index in [1.54, 1.807) is 11.5 Å². The van der Waals surface area contributed by atoms with Gasteiger partial charge >= 0.3 is 5.97 Å². The van der Waals surface area contributed by atoms with Crippen molar-refractivity contribution < 1.29 is 14.3 Å². The zero-order valence-electron chi connectivity index (χ0n) is 7.97. The van der Waals surface area contributed by atoms with E-state index in [4.69, 9.17) is 4.74 Å². The third kappa shape index (κ3) is 2.69. The molecule has 0 aliphatic rings. The largest absolute Gasteiger partial charge is 0.466 e. The van der Waals surface area contributed by atoms with Crippen LogP contribution in [0, 0.1) is 0 Å². The summed E-state index contributed by atoms with van der Waals surface area (Å²) in [5, 5.41) is 0. The first kappa shape index (κ1) is 10.4. The number of hydrogen-bond donors (Lipinski definition) is 0. The number of hydrogen-bond acceptors (Lipinski definition) is 4. The second kappa shape index (κ2) is 5.16. The maximum atomic E-state index is 11.0. The summed E-state index contributed by atoms with van der Waals surface area (Å²) < 4.78 is 6.37. The number of carbonyl (C=O) groups excluding carboxylic acids is 2. The zero-order chi connectivity index (χ0) is 10.4. The normalized spacial score (nSPS) is 9.79.